The lowest BCUT2D eigenvalue weighted by atomic mass is 10.1. The summed E-state index contributed by atoms with van der Waals surface area (Å²) in [5.41, 5.74) is -0.452. The first kappa shape index (κ1) is 11.7. The van der Waals surface area contributed by atoms with Crippen LogP contribution in [0.3, 0.4) is 0 Å². The number of ketones is 1. The molecule has 0 spiro atoms. The van der Waals surface area contributed by atoms with Crippen molar-refractivity contribution in [2.45, 2.75) is 3.79 Å². The summed E-state index contributed by atoms with van der Waals surface area (Å²) in [6, 6.07) is 2.38. The first-order valence-corrected chi connectivity index (χ1v) is 4.52. The monoisotopic (exact) mass is 258 g/mol. The van der Waals surface area contributed by atoms with Gasteiger partial charge >= 0.3 is 0 Å². The SMILES string of the molecule is O=C(c1ccc(F)cc1F)C(Cl)(Cl)Cl. The summed E-state index contributed by atoms with van der Waals surface area (Å²) >= 11 is 15.8. The number of hydrogen-bond acceptors (Lipinski definition) is 1. The number of carbonyl (C=O) groups is 1. The fraction of sp³-hybridized carbons (Fsp3) is 0.125. The van der Waals surface area contributed by atoms with Gasteiger partial charge in [-0.3, -0.25) is 4.79 Å². The molecular formula is C8H3Cl3F2O. The highest BCUT2D eigenvalue weighted by Gasteiger charge is 2.33. The minimum atomic E-state index is -2.24. The first-order chi connectivity index (χ1) is 6.32. The molecule has 76 valence electrons. The van der Waals surface area contributed by atoms with Gasteiger partial charge in [-0.25, -0.2) is 8.78 Å². The Kier molecular flexibility index (Phi) is 3.35. The molecule has 0 aliphatic rings. The molecule has 1 rings (SSSR count). The van der Waals surface area contributed by atoms with Gasteiger partial charge in [0.15, 0.2) is 0 Å². The standard InChI is InChI=1S/C8H3Cl3F2O/c9-8(10,11)7(14)5-2-1-4(12)3-6(5)13/h1-3H. The maximum atomic E-state index is 13.0. The van der Waals surface area contributed by atoms with E-state index >= 15 is 0 Å². The maximum Gasteiger partial charge on any atom is 0.253 e. The van der Waals surface area contributed by atoms with Gasteiger partial charge in [0.25, 0.3) is 3.79 Å². The van der Waals surface area contributed by atoms with Crippen molar-refractivity contribution in [1.82, 2.24) is 0 Å². The third-order valence-electron chi connectivity index (χ3n) is 1.43. The molecule has 0 unspecified atom stereocenters. The molecule has 0 atom stereocenters. The van der Waals surface area contributed by atoms with Crippen molar-refractivity contribution in [2.75, 3.05) is 0 Å². The van der Waals surface area contributed by atoms with Crippen molar-refractivity contribution in [3.05, 3.63) is 35.4 Å². The quantitative estimate of drug-likeness (QED) is 0.557. The molecule has 6 heteroatoms. The van der Waals surface area contributed by atoms with Crippen molar-refractivity contribution >= 4 is 40.6 Å². The van der Waals surface area contributed by atoms with Crippen molar-refractivity contribution in [1.29, 1.82) is 0 Å². The van der Waals surface area contributed by atoms with Crippen LogP contribution in [0, 0.1) is 11.6 Å². The molecule has 1 aromatic carbocycles. The molecule has 14 heavy (non-hydrogen) atoms. The summed E-state index contributed by atoms with van der Waals surface area (Å²) in [6.45, 7) is 0. The molecule has 1 aromatic rings. The van der Waals surface area contributed by atoms with Crippen LogP contribution in [0.4, 0.5) is 8.78 Å². The molecule has 0 N–H and O–H groups in total. The molecule has 0 aromatic heterocycles. The molecule has 0 radical (unpaired) electrons. The summed E-state index contributed by atoms with van der Waals surface area (Å²) in [5.74, 6) is -2.88. The fourth-order valence-electron chi connectivity index (χ4n) is 0.826. The van der Waals surface area contributed by atoms with E-state index in [1.54, 1.807) is 0 Å². The average Bonchev–Trinajstić information content (AvgIpc) is 2.01. The van der Waals surface area contributed by atoms with Gasteiger partial charge < -0.3 is 0 Å². The van der Waals surface area contributed by atoms with E-state index in [1.165, 1.54) is 0 Å². The molecular weight excluding hydrogens is 256 g/mol. The topological polar surface area (TPSA) is 17.1 Å². The number of benzene rings is 1. The van der Waals surface area contributed by atoms with Gasteiger partial charge in [-0.05, 0) is 12.1 Å². The zero-order valence-corrected chi connectivity index (χ0v) is 8.80. The number of rotatable bonds is 1. The molecule has 0 aliphatic carbocycles. The van der Waals surface area contributed by atoms with Crippen molar-refractivity contribution in [2.24, 2.45) is 0 Å². The molecule has 1 nitrogen and oxygen atoms in total. The van der Waals surface area contributed by atoms with Crippen LogP contribution in [0.15, 0.2) is 18.2 Å². The minimum Gasteiger partial charge on any atom is -0.289 e. The summed E-state index contributed by atoms with van der Waals surface area (Å²) in [4.78, 5) is 11.2. The van der Waals surface area contributed by atoms with Crippen LogP contribution in [-0.4, -0.2) is 9.58 Å². The van der Waals surface area contributed by atoms with Crippen LogP contribution >= 0.6 is 34.8 Å². The molecule has 0 bridgehead atoms. The second kappa shape index (κ2) is 4.01. The van der Waals surface area contributed by atoms with E-state index in [-0.39, 0.29) is 0 Å². The van der Waals surface area contributed by atoms with Crippen molar-refractivity contribution < 1.29 is 13.6 Å². The van der Waals surface area contributed by atoms with Gasteiger partial charge in [0.1, 0.15) is 11.6 Å². The predicted octanol–water partition coefficient (Wildman–Crippen LogP) is 3.52. The third kappa shape index (κ3) is 2.56. The van der Waals surface area contributed by atoms with Crippen LogP contribution in [0.2, 0.25) is 0 Å². The maximum absolute atomic E-state index is 13.0. The Hall–Kier alpha value is -0.380. The van der Waals surface area contributed by atoms with E-state index in [1.807, 2.05) is 0 Å². The van der Waals surface area contributed by atoms with E-state index in [2.05, 4.69) is 0 Å². The Morgan fingerprint density at radius 3 is 2.21 bits per heavy atom. The van der Waals surface area contributed by atoms with Crippen LogP contribution in [-0.2, 0) is 0 Å². The number of alkyl halides is 3. The van der Waals surface area contributed by atoms with Gasteiger partial charge in [-0.2, -0.15) is 0 Å². The molecule has 0 amide bonds. The highest BCUT2D eigenvalue weighted by molar-refractivity contribution is 6.77. The third-order valence-corrected chi connectivity index (χ3v) is 1.95. The van der Waals surface area contributed by atoms with Crippen LogP contribution < -0.4 is 0 Å². The van der Waals surface area contributed by atoms with Crippen LogP contribution in [0.1, 0.15) is 10.4 Å². The first-order valence-electron chi connectivity index (χ1n) is 3.39. The largest absolute Gasteiger partial charge is 0.289 e. The van der Waals surface area contributed by atoms with E-state index in [0.717, 1.165) is 12.1 Å². The zero-order chi connectivity index (χ0) is 10.9. The molecule has 0 saturated carbocycles. The van der Waals surface area contributed by atoms with Crippen LogP contribution in [0.25, 0.3) is 0 Å². The highest BCUT2D eigenvalue weighted by atomic mass is 35.6. The van der Waals surface area contributed by atoms with Gasteiger partial charge in [0.05, 0.1) is 5.56 Å². The summed E-state index contributed by atoms with van der Waals surface area (Å²) in [6.07, 6.45) is 0. The Balaban J connectivity index is 3.15. The lowest BCUT2D eigenvalue weighted by Crippen LogP contribution is -2.20. The van der Waals surface area contributed by atoms with E-state index in [0.29, 0.717) is 6.07 Å². The normalized spacial score (nSPS) is 11.5. The van der Waals surface area contributed by atoms with Crippen molar-refractivity contribution in [3.8, 4) is 0 Å². The van der Waals surface area contributed by atoms with E-state index in [4.69, 9.17) is 34.8 Å². The predicted molar refractivity (Wildman–Crippen MR) is 51.0 cm³/mol. The van der Waals surface area contributed by atoms with Crippen molar-refractivity contribution in [3.63, 3.8) is 0 Å². The number of halogens is 5. The second-order valence-corrected chi connectivity index (χ2v) is 4.73. The molecule has 0 heterocycles. The van der Waals surface area contributed by atoms with E-state index in [9.17, 15) is 13.6 Å². The highest BCUT2D eigenvalue weighted by Crippen LogP contribution is 2.31. The zero-order valence-electron chi connectivity index (χ0n) is 6.53. The lowest BCUT2D eigenvalue weighted by molar-refractivity contribution is 0.0992. The number of Topliss-reactive ketones (excluding diaryl/α,β-unsaturated/α-hetero) is 1. The van der Waals surface area contributed by atoms with Gasteiger partial charge in [-0.15, -0.1) is 0 Å². The number of hydrogen-bond donors (Lipinski definition) is 0. The van der Waals surface area contributed by atoms with E-state index < -0.39 is 26.8 Å². The number of carbonyl (C=O) groups excluding carboxylic acids is 1. The minimum absolute atomic E-state index is 0.452. The summed E-state index contributed by atoms with van der Waals surface area (Å²) < 4.78 is 23.2. The Morgan fingerprint density at radius 2 is 1.79 bits per heavy atom. The smallest absolute Gasteiger partial charge is 0.253 e. The molecule has 0 saturated heterocycles. The van der Waals surface area contributed by atoms with Gasteiger partial charge in [0, 0.05) is 6.07 Å². The molecule has 0 fully saturated rings. The van der Waals surface area contributed by atoms with Gasteiger partial charge in [-0.1, -0.05) is 34.8 Å². The summed E-state index contributed by atoms with van der Waals surface area (Å²) in [5, 5.41) is 0. The molecule has 0 aliphatic heterocycles. The fourth-order valence-corrected chi connectivity index (χ4v) is 1.13. The van der Waals surface area contributed by atoms with Crippen LogP contribution in [0.5, 0.6) is 0 Å². The average molecular weight is 259 g/mol. The Bertz CT molecular complexity index is 373. The second-order valence-electron chi connectivity index (χ2n) is 2.45. The summed E-state index contributed by atoms with van der Waals surface area (Å²) in [7, 11) is 0. The Labute approximate surface area is 93.6 Å². The van der Waals surface area contributed by atoms with Gasteiger partial charge in [0.2, 0.25) is 5.78 Å². The lowest BCUT2D eigenvalue weighted by Gasteiger charge is -2.09. The Morgan fingerprint density at radius 1 is 1.21 bits per heavy atom.